The Hall–Kier alpha value is -0.730. The first-order valence-electron chi connectivity index (χ1n) is 4.81. The Labute approximate surface area is 89.0 Å². The van der Waals surface area contributed by atoms with Crippen LogP contribution in [0.1, 0.15) is 17.5 Å². The van der Waals surface area contributed by atoms with E-state index in [2.05, 4.69) is 0 Å². The predicted molar refractivity (Wildman–Crippen MR) is 58.0 cm³/mol. The Morgan fingerprint density at radius 1 is 1.43 bits per heavy atom. The van der Waals surface area contributed by atoms with Gasteiger partial charge in [-0.25, -0.2) is 0 Å². The molecule has 0 bridgehead atoms. The van der Waals surface area contributed by atoms with Gasteiger partial charge in [0.1, 0.15) is 5.75 Å². The van der Waals surface area contributed by atoms with E-state index >= 15 is 0 Å². The first kappa shape index (κ1) is 9.81. The molecule has 1 atom stereocenters. The monoisotopic (exact) mass is 211 g/mol. The van der Waals surface area contributed by atoms with Gasteiger partial charge in [-0.2, -0.15) is 0 Å². The van der Waals surface area contributed by atoms with Crippen molar-refractivity contribution in [2.24, 2.45) is 5.73 Å². The minimum Gasteiger partial charge on any atom is -0.495 e. The lowest BCUT2D eigenvalue weighted by molar-refractivity contribution is 0.413. The van der Waals surface area contributed by atoms with Gasteiger partial charge < -0.3 is 10.5 Å². The van der Waals surface area contributed by atoms with Gasteiger partial charge in [0.2, 0.25) is 0 Å². The summed E-state index contributed by atoms with van der Waals surface area (Å²) in [6, 6.07) is 4.30. The van der Waals surface area contributed by atoms with Crippen molar-refractivity contribution in [2.75, 3.05) is 7.11 Å². The summed E-state index contributed by atoms with van der Waals surface area (Å²) in [5, 5.41) is 0.696. The number of benzene rings is 1. The lowest BCUT2D eigenvalue weighted by Crippen LogP contribution is -2.27. The number of fused-ring (bicyclic) bond motifs is 1. The summed E-state index contributed by atoms with van der Waals surface area (Å²) in [5.41, 5.74) is 8.50. The van der Waals surface area contributed by atoms with Crippen LogP contribution in [0, 0.1) is 0 Å². The van der Waals surface area contributed by atoms with Gasteiger partial charge in [-0.15, -0.1) is 0 Å². The number of ether oxygens (including phenoxy) is 1. The second-order valence-corrected chi connectivity index (χ2v) is 4.17. The highest BCUT2D eigenvalue weighted by atomic mass is 35.5. The van der Waals surface area contributed by atoms with E-state index in [0.29, 0.717) is 5.02 Å². The van der Waals surface area contributed by atoms with Crippen molar-refractivity contribution >= 4 is 11.6 Å². The van der Waals surface area contributed by atoms with E-state index < -0.39 is 0 Å². The van der Waals surface area contributed by atoms with Crippen LogP contribution in [0.15, 0.2) is 12.1 Å². The lowest BCUT2D eigenvalue weighted by atomic mass is 9.88. The van der Waals surface area contributed by atoms with Crippen molar-refractivity contribution in [3.05, 3.63) is 28.3 Å². The third-order valence-corrected chi connectivity index (χ3v) is 3.04. The van der Waals surface area contributed by atoms with Gasteiger partial charge in [-0.3, -0.25) is 0 Å². The molecule has 14 heavy (non-hydrogen) atoms. The molecule has 3 heteroatoms. The van der Waals surface area contributed by atoms with Crippen molar-refractivity contribution < 1.29 is 4.74 Å². The van der Waals surface area contributed by atoms with Crippen LogP contribution in [-0.4, -0.2) is 13.2 Å². The molecule has 0 spiro atoms. The third-order valence-electron chi connectivity index (χ3n) is 2.74. The van der Waals surface area contributed by atoms with E-state index in [1.807, 2.05) is 12.1 Å². The minimum atomic E-state index is 0.286. The van der Waals surface area contributed by atoms with Crippen molar-refractivity contribution in [1.29, 1.82) is 0 Å². The van der Waals surface area contributed by atoms with Crippen LogP contribution >= 0.6 is 11.6 Å². The highest BCUT2D eigenvalue weighted by Gasteiger charge is 2.17. The maximum Gasteiger partial charge on any atom is 0.137 e. The molecule has 1 aromatic rings. The van der Waals surface area contributed by atoms with Crippen LogP contribution in [0.5, 0.6) is 5.75 Å². The summed E-state index contributed by atoms with van der Waals surface area (Å²) in [6.45, 7) is 0. The average Bonchev–Trinajstić information content (AvgIpc) is 2.17. The lowest BCUT2D eigenvalue weighted by Gasteiger charge is -2.22. The molecule has 0 heterocycles. The van der Waals surface area contributed by atoms with Gasteiger partial charge in [0.05, 0.1) is 12.1 Å². The molecule has 0 aliphatic heterocycles. The van der Waals surface area contributed by atoms with Gasteiger partial charge in [0.15, 0.2) is 0 Å². The van der Waals surface area contributed by atoms with E-state index in [0.717, 1.165) is 25.0 Å². The topological polar surface area (TPSA) is 35.2 Å². The summed E-state index contributed by atoms with van der Waals surface area (Å²) in [6.07, 6.45) is 3.01. The van der Waals surface area contributed by atoms with Crippen molar-refractivity contribution in [3.8, 4) is 5.75 Å². The minimum absolute atomic E-state index is 0.286. The predicted octanol–water partition coefficient (Wildman–Crippen LogP) is 2.16. The summed E-state index contributed by atoms with van der Waals surface area (Å²) in [4.78, 5) is 0. The molecule has 0 unspecified atom stereocenters. The molecule has 2 nitrogen and oxygen atoms in total. The smallest absolute Gasteiger partial charge is 0.137 e. The van der Waals surface area contributed by atoms with Crippen LogP contribution in [-0.2, 0) is 12.8 Å². The van der Waals surface area contributed by atoms with Crippen LogP contribution in [0.4, 0.5) is 0 Å². The van der Waals surface area contributed by atoms with E-state index in [9.17, 15) is 0 Å². The first-order chi connectivity index (χ1) is 6.70. The molecule has 0 radical (unpaired) electrons. The molecule has 0 fully saturated rings. The van der Waals surface area contributed by atoms with Crippen LogP contribution in [0.25, 0.3) is 0 Å². The Kier molecular flexibility index (Phi) is 2.66. The molecular formula is C11H14ClNO. The number of hydrogen-bond acceptors (Lipinski definition) is 2. The zero-order valence-corrected chi connectivity index (χ0v) is 8.97. The maximum absolute atomic E-state index is 6.04. The third kappa shape index (κ3) is 1.72. The summed E-state index contributed by atoms with van der Waals surface area (Å²) < 4.78 is 5.17. The normalized spacial score (nSPS) is 20.4. The molecule has 0 aromatic heterocycles. The molecule has 0 saturated carbocycles. The molecule has 1 aromatic carbocycles. The number of halogens is 1. The molecular weight excluding hydrogens is 198 g/mol. The van der Waals surface area contributed by atoms with Crippen LogP contribution in [0.3, 0.4) is 0 Å². The number of hydrogen-bond donors (Lipinski definition) is 1. The van der Waals surface area contributed by atoms with Crippen molar-refractivity contribution in [3.63, 3.8) is 0 Å². The Bertz CT molecular complexity index is 351. The SMILES string of the molecule is COc1cc2c(cc1Cl)CC[C@H](N)C2. The van der Waals surface area contributed by atoms with Gasteiger partial charge in [-0.1, -0.05) is 11.6 Å². The zero-order chi connectivity index (χ0) is 10.1. The average molecular weight is 212 g/mol. The molecule has 76 valence electrons. The fourth-order valence-electron chi connectivity index (χ4n) is 1.94. The zero-order valence-electron chi connectivity index (χ0n) is 8.22. The molecule has 0 saturated heterocycles. The van der Waals surface area contributed by atoms with Crippen molar-refractivity contribution in [1.82, 2.24) is 0 Å². The quantitative estimate of drug-likeness (QED) is 0.773. The standard InChI is InChI=1S/C11H14ClNO/c1-14-11-6-8-4-9(13)3-2-7(8)5-10(11)12/h5-6,9H,2-4,13H2,1H3/t9-/m0/s1. The van der Waals surface area contributed by atoms with E-state index in [1.165, 1.54) is 11.1 Å². The van der Waals surface area contributed by atoms with E-state index in [-0.39, 0.29) is 6.04 Å². The van der Waals surface area contributed by atoms with Crippen molar-refractivity contribution in [2.45, 2.75) is 25.3 Å². The summed E-state index contributed by atoms with van der Waals surface area (Å²) in [7, 11) is 1.64. The molecule has 0 amide bonds. The fraction of sp³-hybridized carbons (Fsp3) is 0.455. The molecule has 2 N–H and O–H groups in total. The Morgan fingerprint density at radius 3 is 2.93 bits per heavy atom. The largest absolute Gasteiger partial charge is 0.495 e. The highest BCUT2D eigenvalue weighted by molar-refractivity contribution is 6.32. The number of methoxy groups -OCH3 is 1. The van der Waals surface area contributed by atoms with Gasteiger partial charge in [0.25, 0.3) is 0 Å². The Balaban J connectivity index is 2.41. The summed E-state index contributed by atoms with van der Waals surface area (Å²) in [5.74, 6) is 0.750. The van der Waals surface area contributed by atoms with E-state index in [4.69, 9.17) is 22.1 Å². The van der Waals surface area contributed by atoms with Gasteiger partial charge in [-0.05, 0) is 42.5 Å². The summed E-state index contributed by atoms with van der Waals surface area (Å²) >= 11 is 6.04. The molecule has 2 rings (SSSR count). The fourth-order valence-corrected chi connectivity index (χ4v) is 2.20. The number of aryl methyl sites for hydroxylation is 1. The van der Waals surface area contributed by atoms with Gasteiger partial charge >= 0.3 is 0 Å². The van der Waals surface area contributed by atoms with Crippen LogP contribution < -0.4 is 10.5 Å². The molecule has 1 aliphatic carbocycles. The second-order valence-electron chi connectivity index (χ2n) is 3.76. The highest BCUT2D eigenvalue weighted by Crippen LogP contribution is 2.31. The number of rotatable bonds is 1. The maximum atomic E-state index is 6.04. The van der Waals surface area contributed by atoms with Gasteiger partial charge in [0, 0.05) is 6.04 Å². The second kappa shape index (κ2) is 3.79. The first-order valence-corrected chi connectivity index (χ1v) is 5.19. The number of nitrogens with two attached hydrogens (primary N) is 1. The van der Waals surface area contributed by atoms with Crippen LogP contribution in [0.2, 0.25) is 5.02 Å². The Morgan fingerprint density at radius 2 is 2.21 bits per heavy atom. The van der Waals surface area contributed by atoms with E-state index in [1.54, 1.807) is 7.11 Å². The molecule has 1 aliphatic rings.